The van der Waals surface area contributed by atoms with Crippen molar-refractivity contribution in [2.45, 2.75) is 13.0 Å². The number of benzene rings is 2. The van der Waals surface area contributed by atoms with E-state index in [1.54, 1.807) is 4.90 Å². The Labute approximate surface area is 167 Å². The molecule has 6 nitrogen and oxygen atoms in total. The van der Waals surface area contributed by atoms with E-state index in [1.807, 2.05) is 42.6 Å². The van der Waals surface area contributed by atoms with Gasteiger partial charge in [0.15, 0.2) is 0 Å². The van der Waals surface area contributed by atoms with E-state index in [0.29, 0.717) is 24.1 Å². The summed E-state index contributed by atoms with van der Waals surface area (Å²) in [6.07, 6.45) is 6.22. The summed E-state index contributed by atoms with van der Waals surface area (Å²) in [5, 5.41) is 1.20. The van der Waals surface area contributed by atoms with Crippen LogP contribution in [0.3, 0.4) is 0 Å². The molecule has 1 aliphatic rings. The Morgan fingerprint density at radius 3 is 2.79 bits per heavy atom. The largest absolute Gasteiger partial charge is 0.361 e. The third-order valence-corrected chi connectivity index (χ3v) is 5.54. The standard InChI is InChI=1S/C23H20N4O2/c28-22-14-25-20-7-3-4-8-21(20)27(22)15-23(29)26-11-9-16(10-12-26)18-13-24-19-6-2-1-5-17(18)19/h1-9,13-14,24H,10-12,15H2. The van der Waals surface area contributed by atoms with Crippen molar-refractivity contribution < 1.29 is 4.79 Å². The van der Waals surface area contributed by atoms with Crippen molar-refractivity contribution >= 4 is 33.4 Å². The van der Waals surface area contributed by atoms with Gasteiger partial charge in [-0.05, 0) is 30.2 Å². The quantitative estimate of drug-likeness (QED) is 0.590. The van der Waals surface area contributed by atoms with Crippen LogP contribution in [0.4, 0.5) is 0 Å². The average Bonchev–Trinajstić information content (AvgIpc) is 3.20. The van der Waals surface area contributed by atoms with E-state index < -0.39 is 0 Å². The first-order valence-corrected chi connectivity index (χ1v) is 9.68. The van der Waals surface area contributed by atoms with Crippen LogP contribution in [-0.4, -0.2) is 38.4 Å². The molecule has 1 aliphatic heterocycles. The fourth-order valence-electron chi connectivity index (χ4n) is 3.99. The second-order valence-electron chi connectivity index (χ2n) is 7.24. The lowest BCUT2D eigenvalue weighted by molar-refractivity contribution is -0.131. The number of H-pyrrole nitrogens is 1. The van der Waals surface area contributed by atoms with Crippen molar-refractivity contribution in [3.05, 3.63) is 82.9 Å². The van der Waals surface area contributed by atoms with Crippen molar-refractivity contribution in [2.24, 2.45) is 0 Å². The Morgan fingerprint density at radius 1 is 1.10 bits per heavy atom. The lowest BCUT2D eigenvalue weighted by atomic mass is 9.99. The maximum atomic E-state index is 12.9. The molecular weight excluding hydrogens is 364 g/mol. The predicted octanol–water partition coefficient (Wildman–Crippen LogP) is 3.19. The smallest absolute Gasteiger partial charge is 0.269 e. The second-order valence-corrected chi connectivity index (χ2v) is 7.24. The molecule has 2 aromatic heterocycles. The van der Waals surface area contributed by atoms with E-state index in [4.69, 9.17) is 0 Å². The molecule has 0 radical (unpaired) electrons. The summed E-state index contributed by atoms with van der Waals surface area (Å²) in [5.74, 6) is -0.0577. The highest BCUT2D eigenvalue weighted by Gasteiger charge is 2.20. The first-order valence-electron chi connectivity index (χ1n) is 9.68. The van der Waals surface area contributed by atoms with Gasteiger partial charge in [-0.25, -0.2) is 4.98 Å². The van der Waals surface area contributed by atoms with Gasteiger partial charge in [0.05, 0.1) is 17.2 Å². The second kappa shape index (κ2) is 7.05. The van der Waals surface area contributed by atoms with E-state index in [0.717, 1.165) is 11.9 Å². The van der Waals surface area contributed by atoms with E-state index in [9.17, 15) is 9.59 Å². The van der Waals surface area contributed by atoms with Crippen LogP contribution in [0.1, 0.15) is 12.0 Å². The Hall–Kier alpha value is -3.67. The number of amides is 1. The molecule has 2 aromatic carbocycles. The minimum Gasteiger partial charge on any atom is -0.361 e. The highest BCUT2D eigenvalue weighted by atomic mass is 16.2. The molecule has 29 heavy (non-hydrogen) atoms. The highest BCUT2D eigenvalue weighted by molar-refractivity contribution is 5.93. The zero-order chi connectivity index (χ0) is 19.8. The SMILES string of the molecule is O=C(Cn1c(=O)cnc2ccccc21)N1CC=C(c2c[nH]c3ccccc23)CC1. The van der Waals surface area contributed by atoms with Gasteiger partial charge in [-0.2, -0.15) is 0 Å². The summed E-state index contributed by atoms with van der Waals surface area (Å²) >= 11 is 0. The average molecular weight is 384 g/mol. The summed E-state index contributed by atoms with van der Waals surface area (Å²) in [4.78, 5) is 34.4. The van der Waals surface area contributed by atoms with Crippen LogP contribution in [0.25, 0.3) is 27.5 Å². The van der Waals surface area contributed by atoms with Gasteiger partial charge in [-0.1, -0.05) is 36.4 Å². The monoisotopic (exact) mass is 384 g/mol. The minimum absolute atomic E-state index is 0.0259. The molecule has 0 saturated carbocycles. The Balaban J connectivity index is 1.37. The minimum atomic E-state index is -0.260. The molecule has 0 bridgehead atoms. The molecule has 6 heteroatoms. The van der Waals surface area contributed by atoms with Crippen molar-refractivity contribution in [3.63, 3.8) is 0 Å². The number of carbonyl (C=O) groups excluding carboxylic acids is 1. The molecule has 0 unspecified atom stereocenters. The first kappa shape index (κ1) is 17.4. The summed E-state index contributed by atoms with van der Waals surface area (Å²) in [6, 6.07) is 15.6. The number of hydrogen-bond donors (Lipinski definition) is 1. The maximum Gasteiger partial charge on any atom is 0.269 e. The summed E-state index contributed by atoms with van der Waals surface area (Å²) in [6.45, 7) is 1.21. The molecule has 1 N–H and O–H groups in total. The third-order valence-electron chi connectivity index (χ3n) is 5.54. The summed E-state index contributed by atoms with van der Waals surface area (Å²) < 4.78 is 1.50. The number of hydrogen-bond acceptors (Lipinski definition) is 3. The topological polar surface area (TPSA) is 71.0 Å². The van der Waals surface area contributed by atoms with Crippen LogP contribution in [0, 0.1) is 0 Å². The fraction of sp³-hybridized carbons (Fsp3) is 0.174. The van der Waals surface area contributed by atoms with Gasteiger partial charge >= 0.3 is 0 Å². The fourth-order valence-corrected chi connectivity index (χ4v) is 3.99. The van der Waals surface area contributed by atoms with Gasteiger partial charge in [0.1, 0.15) is 6.54 Å². The number of aromatic nitrogens is 3. The van der Waals surface area contributed by atoms with E-state index in [1.165, 1.54) is 27.3 Å². The number of nitrogens with zero attached hydrogens (tertiary/aromatic N) is 3. The van der Waals surface area contributed by atoms with Crippen LogP contribution in [0.2, 0.25) is 0 Å². The first-order chi connectivity index (χ1) is 14.2. The number of carbonyl (C=O) groups is 1. The molecule has 4 aromatic rings. The molecule has 0 aliphatic carbocycles. The number of para-hydroxylation sites is 3. The van der Waals surface area contributed by atoms with Gasteiger partial charge in [-0.3, -0.25) is 14.2 Å². The summed E-state index contributed by atoms with van der Waals surface area (Å²) in [5.41, 5.74) is 4.69. The molecule has 0 saturated heterocycles. The van der Waals surface area contributed by atoms with E-state index >= 15 is 0 Å². The highest BCUT2D eigenvalue weighted by Crippen LogP contribution is 2.29. The molecule has 144 valence electrons. The number of nitrogens with one attached hydrogen (secondary N) is 1. The summed E-state index contributed by atoms with van der Waals surface area (Å²) in [7, 11) is 0. The number of aromatic amines is 1. The van der Waals surface area contributed by atoms with Gasteiger partial charge in [-0.15, -0.1) is 0 Å². The third kappa shape index (κ3) is 3.12. The van der Waals surface area contributed by atoms with E-state index in [2.05, 4.69) is 28.2 Å². The van der Waals surface area contributed by atoms with Crippen molar-refractivity contribution in [1.29, 1.82) is 0 Å². The van der Waals surface area contributed by atoms with Crippen LogP contribution in [0.5, 0.6) is 0 Å². The Bertz CT molecular complexity index is 1320. The lowest BCUT2D eigenvalue weighted by Crippen LogP contribution is -2.39. The molecule has 0 atom stereocenters. The van der Waals surface area contributed by atoms with Crippen molar-refractivity contribution in [3.8, 4) is 0 Å². The Kier molecular flexibility index (Phi) is 4.24. The van der Waals surface area contributed by atoms with Crippen LogP contribution in [-0.2, 0) is 11.3 Å². The predicted molar refractivity (Wildman–Crippen MR) is 113 cm³/mol. The Morgan fingerprint density at radius 2 is 1.93 bits per heavy atom. The normalized spacial score (nSPS) is 14.3. The molecule has 1 amide bonds. The molecule has 3 heterocycles. The van der Waals surface area contributed by atoms with Crippen LogP contribution < -0.4 is 5.56 Å². The lowest BCUT2D eigenvalue weighted by Gasteiger charge is -2.27. The number of fused-ring (bicyclic) bond motifs is 2. The molecule has 0 fully saturated rings. The number of rotatable bonds is 3. The molecule has 0 spiro atoms. The zero-order valence-corrected chi connectivity index (χ0v) is 15.8. The van der Waals surface area contributed by atoms with Gasteiger partial charge in [0.2, 0.25) is 5.91 Å². The van der Waals surface area contributed by atoms with Gasteiger partial charge in [0, 0.05) is 35.8 Å². The van der Waals surface area contributed by atoms with Crippen molar-refractivity contribution in [2.75, 3.05) is 13.1 Å². The van der Waals surface area contributed by atoms with Gasteiger partial charge < -0.3 is 9.88 Å². The van der Waals surface area contributed by atoms with E-state index in [-0.39, 0.29) is 18.0 Å². The van der Waals surface area contributed by atoms with Gasteiger partial charge in [0.25, 0.3) is 5.56 Å². The molecular formula is C23H20N4O2. The zero-order valence-electron chi connectivity index (χ0n) is 15.8. The van der Waals surface area contributed by atoms with Crippen molar-refractivity contribution in [1.82, 2.24) is 19.4 Å². The van der Waals surface area contributed by atoms with Crippen LogP contribution >= 0.6 is 0 Å². The van der Waals surface area contributed by atoms with Crippen LogP contribution in [0.15, 0.2) is 71.8 Å². The maximum absolute atomic E-state index is 12.9. The molecule has 5 rings (SSSR count).